The van der Waals surface area contributed by atoms with E-state index in [1.165, 1.54) is 24.3 Å². The second-order valence-corrected chi connectivity index (χ2v) is 5.14. The maximum atomic E-state index is 13.1. The van der Waals surface area contributed by atoms with Gasteiger partial charge in [-0.1, -0.05) is 12.1 Å². The third-order valence-corrected chi connectivity index (χ3v) is 3.61. The number of aliphatic hydroxyl groups excluding tert-OH is 1. The first kappa shape index (κ1) is 16.0. The smallest absolute Gasteiger partial charge is 0.398 e. The van der Waals surface area contributed by atoms with Gasteiger partial charge in [0.25, 0.3) is 5.91 Å². The number of amides is 1. The van der Waals surface area contributed by atoms with Crippen LogP contribution in [0.25, 0.3) is 0 Å². The van der Waals surface area contributed by atoms with Crippen LogP contribution < -0.4 is 5.32 Å². The van der Waals surface area contributed by atoms with Crippen molar-refractivity contribution in [2.75, 3.05) is 5.32 Å². The van der Waals surface area contributed by atoms with Gasteiger partial charge in [0.05, 0.1) is 5.41 Å². The molecule has 1 aliphatic rings. The van der Waals surface area contributed by atoms with E-state index in [1.54, 1.807) is 0 Å². The van der Waals surface area contributed by atoms with E-state index in [-0.39, 0.29) is 24.1 Å². The first-order valence-electron chi connectivity index (χ1n) is 6.43. The molecule has 0 aliphatic heterocycles. The summed E-state index contributed by atoms with van der Waals surface area (Å²) in [4.78, 5) is 22.2. The number of aliphatic hydroxyl groups is 1. The number of alkyl halides is 3. The summed E-state index contributed by atoms with van der Waals surface area (Å²) in [6.45, 7) is 1.11. The fourth-order valence-electron chi connectivity index (χ4n) is 2.22. The van der Waals surface area contributed by atoms with Crippen molar-refractivity contribution in [2.24, 2.45) is 5.18 Å². The number of halogens is 3. The van der Waals surface area contributed by atoms with E-state index in [9.17, 15) is 22.9 Å². The summed E-state index contributed by atoms with van der Waals surface area (Å²) in [6.07, 6.45) is -4.35. The number of carbonyl (C=O) groups excluding carboxylic acids is 1. The Morgan fingerprint density at radius 2 is 2.00 bits per heavy atom. The molecule has 1 amide bonds. The van der Waals surface area contributed by atoms with E-state index >= 15 is 0 Å². The highest BCUT2D eigenvalue weighted by atomic mass is 19.4. The first-order valence-corrected chi connectivity index (χ1v) is 6.43. The van der Waals surface area contributed by atoms with Crippen LogP contribution in [0.15, 0.2) is 40.9 Å². The SMILES string of the molecule is CC(O)=C(N=O)C(=O)Nc1cccc(C2(C(F)(F)F)CC2)c1. The van der Waals surface area contributed by atoms with Gasteiger partial charge in [0, 0.05) is 5.69 Å². The van der Waals surface area contributed by atoms with Gasteiger partial charge < -0.3 is 10.4 Å². The average Bonchev–Trinajstić information content (AvgIpc) is 3.20. The molecule has 0 atom stereocenters. The van der Waals surface area contributed by atoms with E-state index in [0.29, 0.717) is 0 Å². The zero-order valence-electron chi connectivity index (χ0n) is 11.6. The van der Waals surface area contributed by atoms with Crippen LogP contribution in [-0.4, -0.2) is 17.2 Å². The van der Waals surface area contributed by atoms with E-state index in [2.05, 4.69) is 10.5 Å². The molecule has 0 spiro atoms. The molecule has 0 unspecified atom stereocenters. The second kappa shape index (κ2) is 5.43. The molecule has 8 heteroatoms. The Morgan fingerprint density at radius 3 is 2.45 bits per heavy atom. The molecule has 1 aromatic rings. The average molecular weight is 314 g/mol. The zero-order valence-corrected chi connectivity index (χ0v) is 11.6. The predicted octanol–water partition coefficient (Wildman–Crippen LogP) is 3.77. The van der Waals surface area contributed by atoms with E-state index in [4.69, 9.17) is 5.11 Å². The van der Waals surface area contributed by atoms with Crippen LogP contribution in [0, 0.1) is 4.91 Å². The van der Waals surface area contributed by atoms with Crippen LogP contribution in [0.2, 0.25) is 0 Å². The Labute approximate surface area is 123 Å². The Morgan fingerprint density at radius 1 is 1.36 bits per heavy atom. The second-order valence-electron chi connectivity index (χ2n) is 5.14. The van der Waals surface area contributed by atoms with Gasteiger partial charge in [0.15, 0.2) is 0 Å². The van der Waals surface area contributed by atoms with Gasteiger partial charge in [0.2, 0.25) is 5.70 Å². The normalized spacial score (nSPS) is 17.5. The standard InChI is InChI=1S/C14H13F3N2O3/c1-8(20)11(19-22)12(21)18-10-4-2-3-9(7-10)13(5-6-13)14(15,16)17/h2-4,7,20H,5-6H2,1H3,(H,18,21). The van der Waals surface area contributed by atoms with Crippen LogP contribution in [0.3, 0.4) is 0 Å². The third kappa shape index (κ3) is 2.81. The molecular formula is C14H13F3N2O3. The minimum atomic E-state index is -4.35. The quantitative estimate of drug-likeness (QED) is 0.504. The van der Waals surface area contributed by atoms with E-state index < -0.39 is 29.0 Å². The number of nitrogens with zero attached hydrogens (tertiary/aromatic N) is 1. The molecule has 118 valence electrons. The fraction of sp³-hybridized carbons (Fsp3) is 0.357. The maximum Gasteiger partial charge on any atom is 0.398 e. The highest BCUT2D eigenvalue weighted by Crippen LogP contribution is 2.59. The molecule has 0 radical (unpaired) electrons. The summed E-state index contributed by atoms with van der Waals surface area (Å²) in [6, 6.07) is 5.35. The van der Waals surface area contributed by atoms with Crippen LogP contribution in [0.1, 0.15) is 25.3 Å². The largest absolute Gasteiger partial charge is 0.510 e. The molecule has 0 heterocycles. The van der Waals surface area contributed by atoms with Gasteiger partial charge in [-0.2, -0.15) is 13.2 Å². The lowest BCUT2D eigenvalue weighted by atomic mass is 9.95. The molecule has 5 nitrogen and oxygen atoms in total. The summed E-state index contributed by atoms with van der Waals surface area (Å²) >= 11 is 0. The van der Waals surface area contributed by atoms with Crippen LogP contribution in [0.4, 0.5) is 18.9 Å². The topological polar surface area (TPSA) is 78.8 Å². The molecule has 0 aromatic heterocycles. The van der Waals surface area contributed by atoms with Crippen LogP contribution in [-0.2, 0) is 10.2 Å². The number of benzene rings is 1. The van der Waals surface area contributed by atoms with Gasteiger partial charge >= 0.3 is 6.18 Å². The minimum absolute atomic E-state index is 0.00466. The van der Waals surface area contributed by atoms with Crippen LogP contribution in [0.5, 0.6) is 0 Å². The lowest BCUT2D eigenvalue weighted by molar-refractivity contribution is -0.160. The number of hydrogen-bond donors (Lipinski definition) is 2. The third-order valence-electron chi connectivity index (χ3n) is 3.61. The van der Waals surface area contributed by atoms with Gasteiger partial charge in [0.1, 0.15) is 5.76 Å². The molecule has 22 heavy (non-hydrogen) atoms. The minimum Gasteiger partial charge on any atom is -0.510 e. The molecule has 0 saturated heterocycles. The molecular weight excluding hydrogens is 301 g/mol. The lowest BCUT2D eigenvalue weighted by Crippen LogP contribution is -2.28. The highest BCUT2D eigenvalue weighted by molar-refractivity contribution is 6.03. The number of rotatable bonds is 4. The molecule has 0 bridgehead atoms. The Kier molecular flexibility index (Phi) is 3.95. The summed E-state index contributed by atoms with van der Waals surface area (Å²) in [7, 11) is 0. The van der Waals surface area contributed by atoms with Crippen LogP contribution >= 0.6 is 0 Å². The Hall–Kier alpha value is -2.38. The predicted molar refractivity (Wildman–Crippen MR) is 73.2 cm³/mol. The van der Waals surface area contributed by atoms with Gasteiger partial charge in [-0.05, 0) is 42.6 Å². The maximum absolute atomic E-state index is 13.1. The monoisotopic (exact) mass is 314 g/mol. The Bertz CT molecular complexity index is 645. The van der Waals surface area contributed by atoms with E-state index in [1.807, 2.05) is 0 Å². The summed E-state index contributed by atoms with van der Waals surface area (Å²) in [5.41, 5.74) is -2.42. The Balaban J connectivity index is 2.26. The van der Waals surface area contributed by atoms with E-state index in [0.717, 1.165) is 6.92 Å². The number of nitroso groups, excluding NO2 is 1. The molecule has 1 aromatic carbocycles. The van der Waals surface area contributed by atoms with Crippen molar-refractivity contribution < 1.29 is 23.1 Å². The molecule has 1 aliphatic carbocycles. The van der Waals surface area contributed by atoms with Crippen molar-refractivity contribution >= 4 is 11.6 Å². The number of hydrogen-bond acceptors (Lipinski definition) is 4. The summed E-state index contributed by atoms with van der Waals surface area (Å²) in [5, 5.41) is 13.8. The highest BCUT2D eigenvalue weighted by Gasteiger charge is 2.64. The van der Waals surface area contributed by atoms with Crippen molar-refractivity contribution in [3.8, 4) is 0 Å². The molecule has 1 saturated carbocycles. The first-order chi connectivity index (χ1) is 10.2. The van der Waals surface area contributed by atoms with Crippen molar-refractivity contribution in [2.45, 2.75) is 31.4 Å². The lowest BCUT2D eigenvalue weighted by Gasteiger charge is -2.20. The van der Waals surface area contributed by atoms with Crippen molar-refractivity contribution in [3.05, 3.63) is 46.2 Å². The summed E-state index contributed by atoms with van der Waals surface area (Å²) in [5.74, 6) is -1.55. The van der Waals surface area contributed by atoms with Crippen molar-refractivity contribution in [1.29, 1.82) is 0 Å². The van der Waals surface area contributed by atoms with Crippen molar-refractivity contribution in [3.63, 3.8) is 0 Å². The number of allylic oxidation sites excluding steroid dienone is 1. The van der Waals surface area contributed by atoms with Crippen molar-refractivity contribution in [1.82, 2.24) is 0 Å². The van der Waals surface area contributed by atoms with Gasteiger partial charge in [-0.15, -0.1) is 4.91 Å². The zero-order chi connectivity index (χ0) is 16.5. The number of nitrogens with one attached hydrogen (secondary N) is 1. The fourth-order valence-corrected chi connectivity index (χ4v) is 2.22. The molecule has 2 rings (SSSR count). The number of anilines is 1. The molecule has 1 fully saturated rings. The van der Waals surface area contributed by atoms with Gasteiger partial charge in [-0.3, -0.25) is 4.79 Å². The summed E-state index contributed by atoms with van der Waals surface area (Å²) < 4.78 is 39.2. The van der Waals surface area contributed by atoms with Gasteiger partial charge in [-0.25, -0.2) is 0 Å². The number of carbonyl (C=O) groups is 1. The molecule has 2 N–H and O–H groups in total.